The number of carbonyl (C=O) groups excluding carboxylic acids is 1. The minimum atomic E-state index is -0.444. The molecule has 1 aliphatic rings. The first-order chi connectivity index (χ1) is 9.52. The number of nitrogens with two attached hydrogens (primary N) is 1. The number of hydrogen-bond acceptors (Lipinski definition) is 2. The Labute approximate surface area is 120 Å². The highest BCUT2D eigenvalue weighted by molar-refractivity contribution is 5.95. The number of nitrogens with zero attached hydrogens (tertiary/aromatic N) is 1. The van der Waals surface area contributed by atoms with Crippen molar-refractivity contribution in [3.05, 3.63) is 29.1 Å². The highest BCUT2D eigenvalue weighted by Gasteiger charge is 2.23. The molecule has 1 unspecified atom stereocenters. The zero-order valence-corrected chi connectivity index (χ0v) is 12.3. The molecule has 1 aliphatic heterocycles. The average molecular weight is 278 g/mol. The predicted octanol–water partition coefficient (Wildman–Crippen LogP) is 3.37. The Morgan fingerprint density at radius 2 is 2.15 bits per heavy atom. The van der Waals surface area contributed by atoms with Gasteiger partial charge < -0.3 is 10.6 Å². The SMILES string of the molecule is CCC1CCCN(C(=O)c2cc(N)cc(C)c2F)CC1. The van der Waals surface area contributed by atoms with Crippen molar-refractivity contribution in [3.8, 4) is 0 Å². The molecule has 110 valence electrons. The van der Waals surface area contributed by atoms with E-state index < -0.39 is 5.82 Å². The molecule has 3 nitrogen and oxygen atoms in total. The molecule has 1 aromatic carbocycles. The second-order valence-electron chi connectivity index (χ2n) is 5.70. The Balaban J connectivity index is 2.19. The maximum absolute atomic E-state index is 14.1. The van der Waals surface area contributed by atoms with Crippen LogP contribution in [0.25, 0.3) is 0 Å². The number of nitrogen functional groups attached to an aromatic ring is 1. The van der Waals surface area contributed by atoms with Gasteiger partial charge in [0.05, 0.1) is 5.56 Å². The number of rotatable bonds is 2. The van der Waals surface area contributed by atoms with Crippen LogP contribution in [0.2, 0.25) is 0 Å². The molecule has 1 fully saturated rings. The number of anilines is 1. The third kappa shape index (κ3) is 3.11. The Bertz CT molecular complexity index is 501. The Morgan fingerprint density at radius 3 is 2.85 bits per heavy atom. The Hall–Kier alpha value is -1.58. The van der Waals surface area contributed by atoms with Gasteiger partial charge in [0, 0.05) is 18.8 Å². The van der Waals surface area contributed by atoms with Gasteiger partial charge in [-0.25, -0.2) is 4.39 Å². The molecule has 4 heteroatoms. The number of hydrogen-bond donors (Lipinski definition) is 1. The van der Waals surface area contributed by atoms with Crippen molar-refractivity contribution in [1.29, 1.82) is 0 Å². The van der Waals surface area contributed by atoms with Crippen molar-refractivity contribution in [1.82, 2.24) is 4.90 Å². The highest BCUT2D eigenvalue weighted by Crippen LogP contribution is 2.23. The molecule has 1 atom stereocenters. The second kappa shape index (κ2) is 6.25. The lowest BCUT2D eigenvalue weighted by molar-refractivity contribution is 0.0755. The Kier molecular flexibility index (Phi) is 4.63. The summed E-state index contributed by atoms with van der Waals surface area (Å²) in [5, 5.41) is 0. The summed E-state index contributed by atoms with van der Waals surface area (Å²) in [5.41, 5.74) is 6.71. The zero-order valence-electron chi connectivity index (χ0n) is 12.3. The topological polar surface area (TPSA) is 46.3 Å². The number of carbonyl (C=O) groups is 1. The fourth-order valence-electron chi connectivity index (χ4n) is 2.90. The van der Waals surface area contributed by atoms with Crippen molar-refractivity contribution < 1.29 is 9.18 Å². The molecule has 1 amide bonds. The van der Waals surface area contributed by atoms with Crippen LogP contribution in [0.5, 0.6) is 0 Å². The first kappa shape index (κ1) is 14.8. The van der Waals surface area contributed by atoms with E-state index in [9.17, 15) is 9.18 Å². The van der Waals surface area contributed by atoms with Crippen molar-refractivity contribution in [2.75, 3.05) is 18.8 Å². The highest BCUT2D eigenvalue weighted by atomic mass is 19.1. The summed E-state index contributed by atoms with van der Waals surface area (Å²) in [5.74, 6) is 0.00960. The summed E-state index contributed by atoms with van der Waals surface area (Å²) in [6, 6.07) is 3.01. The number of halogens is 1. The summed E-state index contributed by atoms with van der Waals surface area (Å²) in [4.78, 5) is 14.3. The van der Waals surface area contributed by atoms with Gasteiger partial charge in [-0.2, -0.15) is 0 Å². The molecular formula is C16H23FN2O. The van der Waals surface area contributed by atoms with Crippen LogP contribution < -0.4 is 5.73 Å². The van der Waals surface area contributed by atoms with E-state index in [1.54, 1.807) is 17.9 Å². The number of benzene rings is 1. The standard InChI is InChI=1S/C16H23FN2O/c1-3-12-5-4-7-19(8-6-12)16(20)14-10-13(18)9-11(2)15(14)17/h9-10,12H,3-8,18H2,1-2H3. The fraction of sp³-hybridized carbons (Fsp3) is 0.562. The van der Waals surface area contributed by atoms with Crippen LogP contribution >= 0.6 is 0 Å². The number of amides is 1. The molecular weight excluding hydrogens is 255 g/mol. The van der Waals surface area contributed by atoms with Gasteiger partial charge in [-0.05, 0) is 49.8 Å². The average Bonchev–Trinajstić information content (AvgIpc) is 2.67. The van der Waals surface area contributed by atoms with E-state index in [0.29, 0.717) is 30.3 Å². The van der Waals surface area contributed by atoms with E-state index in [-0.39, 0.29) is 11.5 Å². The van der Waals surface area contributed by atoms with E-state index in [0.717, 1.165) is 25.7 Å². The largest absolute Gasteiger partial charge is 0.399 e. The van der Waals surface area contributed by atoms with Crippen molar-refractivity contribution in [2.45, 2.75) is 39.5 Å². The normalized spacial score (nSPS) is 19.8. The van der Waals surface area contributed by atoms with E-state index in [4.69, 9.17) is 5.73 Å². The van der Waals surface area contributed by atoms with Gasteiger partial charge in [0.15, 0.2) is 0 Å². The molecule has 1 heterocycles. The van der Waals surface area contributed by atoms with Gasteiger partial charge >= 0.3 is 0 Å². The minimum Gasteiger partial charge on any atom is -0.399 e. The van der Waals surface area contributed by atoms with Crippen molar-refractivity contribution in [3.63, 3.8) is 0 Å². The molecule has 20 heavy (non-hydrogen) atoms. The second-order valence-corrected chi connectivity index (χ2v) is 5.70. The molecule has 2 N–H and O–H groups in total. The van der Waals surface area contributed by atoms with Crippen LogP contribution in [0.15, 0.2) is 12.1 Å². The third-order valence-electron chi connectivity index (χ3n) is 4.22. The van der Waals surface area contributed by atoms with Crippen molar-refractivity contribution in [2.24, 2.45) is 5.92 Å². The Morgan fingerprint density at radius 1 is 1.40 bits per heavy atom. The first-order valence-corrected chi connectivity index (χ1v) is 7.37. The molecule has 0 aromatic heterocycles. The van der Waals surface area contributed by atoms with Crippen LogP contribution in [0.1, 0.15) is 48.5 Å². The molecule has 0 aliphatic carbocycles. The van der Waals surface area contributed by atoms with E-state index in [2.05, 4.69) is 6.92 Å². The summed E-state index contributed by atoms with van der Waals surface area (Å²) in [6.45, 7) is 5.24. The maximum atomic E-state index is 14.1. The summed E-state index contributed by atoms with van der Waals surface area (Å²) in [6.07, 6.45) is 4.30. The first-order valence-electron chi connectivity index (χ1n) is 7.37. The number of aryl methyl sites for hydroxylation is 1. The smallest absolute Gasteiger partial charge is 0.256 e. The number of likely N-dealkylation sites (tertiary alicyclic amines) is 1. The molecule has 0 saturated carbocycles. The monoisotopic (exact) mass is 278 g/mol. The van der Waals surface area contributed by atoms with E-state index in [1.165, 1.54) is 6.07 Å². The van der Waals surface area contributed by atoms with E-state index >= 15 is 0 Å². The van der Waals surface area contributed by atoms with Gasteiger partial charge in [-0.3, -0.25) is 4.79 Å². The molecule has 2 rings (SSSR count). The fourth-order valence-corrected chi connectivity index (χ4v) is 2.90. The van der Waals surface area contributed by atoms with Crippen LogP contribution in [0, 0.1) is 18.7 Å². The lowest BCUT2D eigenvalue weighted by atomic mass is 9.98. The van der Waals surface area contributed by atoms with Crippen molar-refractivity contribution >= 4 is 11.6 Å². The van der Waals surface area contributed by atoms with Crippen LogP contribution in [-0.4, -0.2) is 23.9 Å². The van der Waals surface area contributed by atoms with Gasteiger partial charge in [-0.15, -0.1) is 0 Å². The lowest BCUT2D eigenvalue weighted by Gasteiger charge is -2.21. The maximum Gasteiger partial charge on any atom is 0.256 e. The summed E-state index contributed by atoms with van der Waals surface area (Å²) in [7, 11) is 0. The van der Waals surface area contributed by atoms with Crippen LogP contribution in [-0.2, 0) is 0 Å². The molecule has 0 spiro atoms. The van der Waals surface area contributed by atoms with Gasteiger partial charge in [0.25, 0.3) is 5.91 Å². The van der Waals surface area contributed by atoms with Crippen LogP contribution in [0.4, 0.5) is 10.1 Å². The summed E-state index contributed by atoms with van der Waals surface area (Å²) >= 11 is 0. The van der Waals surface area contributed by atoms with Gasteiger partial charge in [0.1, 0.15) is 5.82 Å². The third-order valence-corrected chi connectivity index (χ3v) is 4.22. The molecule has 0 bridgehead atoms. The lowest BCUT2D eigenvalue weighted by Crippen LogP contribution is -2.32. The molecule has 1 saturated heterocycles. The predicted molar refractivity (Wildman–Crippen MR) is 79.1 cm³/mol. The van der Waals surface area contributed by atoms with Crippen LogP contribution in [0.3, 0.4) is 0 Å². The van der Waals surface area contributed by atoms with Gasteiger partial charge in [0.2, 0.25) is 0 Å². The van der Waals surface area contributed by atoms with E-state index in [1.807, 2.05) is 0 Å². The van der Waals surface area contributed by atoms with Gasteiger partial charge in [-0.1, -0.05) is 13.3 Å². The zero-order chi connectivity index (χ0) is 14.7. The minimum absolute atomic E-state index is 0.109. The molecule has 1 aromatic rings. The quantitative estimate of drug-likeness (QED) is 0.843. The molecule has 0 radical (unpaired) electrons. The summed E-state index contributed by atoms with van der Waals surface area (Å²) < 4.78 is 14.1.